The third-order valence-electron chi connectivity index (χ3n) is 4.93. The summed E-state index contributed by atoms with van der Waals surface area (Å²) >= 11 is 0. The number of anilines is 1. The van der Waals surface area contributed by atoms with E-state index in [0.717, 1.165) is 18.5 Å². The average molecular weight is 345 g/mol. The molecule has 1 aromatic rings. The van der Waals surface area contributed by atoms with Crippen molar-refractivity contribution in [2.24, 2.45) is 11.8 Å². The molecule has 3 rings (SSSR count). The van der Waals surface area contributed by atoms with Gasteiger partial charge in [-0.1, -0.05) is 18.2 Å². The van der Waals surface area contributed by atoms with Crippen LogP contribution in [0.2, 0.25) is 0 Å². The Balaban J connectivity index is 1.56. The van der Waals surface area contributed by atoms with E-state index < -0.39 is 11.9 Å². The highest BCUT2D eigenvalue weighted by Gasteiger charge is 2.36. The lowest BCUT2D eigenvalue weighted by atomic mass is 9.97. The summed E-state index contributed by atoms with van der Waals surface area (Å²) in [5.41, 5.74) is 0.727. The first-order chi connectivity index (χ1) is 12.0. The minimum absolute atomic E-state index is 0.0269. The normalized spacial score (nSPS) is 23.4. The molecule has 2 unspecified atom stereocenters. The maximum absolute atomic E-state index is 12.7. The number of carbonyl (C=O) groups excluding carboxylic acids is 2. The van der Waals surface area contributed by atoms with Crippen molar-refractivity contribution in [3.8, 4) is 0 Å². The molecular weight excluding hydrogens is 322 g/mol. The summed E-state index contributed by atoms with van der Waals surface area (Å²) in [5.74, 6) is -1.59. The number of hydrogen-bond donors (Lipinski definition) is 2. The van der Waals surface area contributed by atoms with E-state index in [1.807, 2.05) is 30.3 Å². The Bertz CT molecular complexity index is 649. The van der Waals surface area contributed by atoms with Gasteiger partial charge in [0.1, 0.15) is 0 Å². The molecule has 2 atom stereocenters. The van der Waals surface area contributed by atoms with Gasteiger partial charge in [-0.25, -0.2) is 4.79 Å². The maximum Gasteiger partial charge on any atom is 0.321 e. The SMILES string of the molecule is O=C(O)C1CCN(C(=O)C2CCCN(C(=O)Nc3ccccc3)C2)C1. The van der Waals surface area contributed by atoms with Crippen LogP contribution in [-0.4, -0.2) is 59.0 Å². The minimum Gasteiger partial charge on any atom is -0.481 e. The van der Waals surface area contributed by atoms with E-state index in [4.69, 9.17) is 5.11 Å². The van der Waals surface area contributed by atoms with E-state index >= 15 is 0 Å². The summed E-state index contributed by atoms with van der Waals surface area (Å²) < 4.78 is 0. The Morgan fingerprint density at radius 1 is 0.960 bits per heavy atom. The molecule has 134 valence electrons. The highest BCUT2D eigenvalue weighted by Crippen LogP contribution is 2.24. The van der Waals surface area contributed by atoms with Crippen molar-refractivity contribution in [2.45, 2.75) is 19.3 Å². The molecule has 2 N–H and O–H groups in total. The number of rotatable bonds is 3. The third kappa shape index (κ3) is 4.10. The zero-order chi connectivity index (χ0) is 17.8. The van der Waals surface area contributed by atoms with Gasteiger partial charge in [0.15, 0.2) is 0 Å². The van der Waals surface area contributed by atoms with Crippen LogP contribution in [0.3, 0.4) is 0 Å². The average Bonchev–Trinajstić information content (AvgIpc) is 3.12. The minimum atomic E-state index is -0.845. The number of carboxylic acid groups (broad SMARTS) is 1. The van der Waals surface area contributed by atoms with Crippen LogP contribution < -0.4 is 5.32 Å². The molecule has 2 saturated heterocycles. The van der Waals surface area contributed by atoms with Crippen LogP contribution >= 0.6 is 0 Å². The fourth-order valence-electron chi connectivity index (χ4n) is 3.51. The van der Waals surface area contributed by atoms with Gasteiger partial charge >= 0.3 is 12.0 Å². The van der Waals surface area contributed by atoms with E-state index in [1.165, 1.54) is 0 Å². The van der Waals surface area contributed by atoms with Crippen molar-refractivity contribution in [1.82, 2.24) is 9.80 Å². The number of para-hydroxylation sites is 1. The number of aliphatic carboxylic acids is 1. The summed E-state index contributed by atoms with van der Waals surface area (Å²) in [6.45, 7) is 1.77. The van der Waals surface area contributed by atoms with Gasteiger partial charge in [-0.2, -0.15) is 0 Å². The van der Waals surface area contributed by atoms with Crippen LogP contribution in [0.4, 0.5) is 10.5 Å². The fourth-order valence-corrected chi connectivity index (χ4v) is 3.51. The van der Waals surface area contributed by atoms with Crippen LogP contribution in [0.15, 0.2) is 30.3 Å². The number of nitrogens with zero attached hydrogens (tertiary/aromatic N) is 2. The number of likely N-dealkylation sites (tertiary alicyclic amines) is 2. The first-order valence-corrected chi connectivity index (χ1v) is 8.67. The second kappa shape index (κ2) is 7.55. The van der Waals surface area contributed by atoms with Crippen LogP contribution in [0.25, 0.3) is 0 Å². The van der Waals surface area contributed by atoms with Crippen molar-refractivity contribution < 1.29 is 19.5 Å². The molecule has 7 heteroatoms. The molecule has 0 aliphatic carbocycles. The summed E-state index contributed by atoms with van der Waals surface area (Å²) in [6, 6.07) is 9.02. The van der Waals surface area contributed by atoms with Crippen LogP contribution in [0, 0.1) is 11.8 Å². The maximum atomic E-state index is 12.7. The lowest BCUT2D eigenvalue weighted by Gasteiger charge is -2.34. The van der Waals surface area contributed by atoms with E-state index in [2.05, 4.69) is 5.32 Å². The first kappa shape index (κ1) is 17.3. The van der Waals surface area contributed by atoms with E-state index in [1.54, 1.807) is 9.80 Å². The Morgan fingerprint density at radius 3 is 2.36 bits per heavy atom. The molecule has 25 heavy (non-hydrogen) atoms. The molecule has 0 radical (unpaired) electrons. The number of benzene rings is 1. The highest BCUT2D eigenvalue weighted by molar-refractivity contribution is 5.90. The van der Waals surface area contributed by atoms with Gasteiger partial charge in [0, 0.05) is 31.9 Å². The Kier molecular flexibility index (Phi) is 5.21. The Labute approximate surface area is 146 Å². The standard InChI is InChI=1S/C18H23N3O4/c22-16(20-10-8-14(12-20)17(23)24)13-5-4-9-21(11-13)18(25)19-15-6-2-1-3-7-15/h1-3,6-7,13-14H,4-5,8-12H2,(H,19,25)(H,23,24). The molecule has 0 spiro atoms. The molecule has 2 aliphatic rings. The summed E-state index contributed by atoms with van der Waals surface area (Å²) in [4.78, 5) is 39.5. The van der Waals surface area contributed by atoms with Crippen molar-refractivity contribution >= 4 is 23.6 Å². The highest BCUT2D eigenvalue weighted by atomic mass is 16.4. The molecule has 1 aromatic carbocycles. The summed E-state index contributed by atoms with van der Waals surface area (Å²) in [7, 11) is 0. The second-order valence-electron chi connectivity index (χ2n) is 6.69. The predicted molar refractivity (Wildman–Crippen MR) is 92.1 cm³/mol. The number of amides is 3. The zero-order valence-corrected chi connectivity index (χ0v) is 14.1. The molecule has 7 nitrogen and oxygen atoms in total. The molecule has 2 heterocycles. The van der Waals surface area contributed by atoms with Crippen LogP contribution in [0.1, 0.15) is 19.3 Å². The van der Waals surface area contributed by atoms with Crippen LogP contribution in [-0.2, 0) is 9.59 Å². The van der Waals surface area contributed by atoms with Gasteiger partial charge in [0.05, 0.1) is 11.8 Å². The van der Waals surface area contributed by atoms with E-state index in [9.17, 15) is 14.4 Å². The van der Waals surface area contributed by atoms with Crippen molar-refractivity contribution in [3.63, 3.8) is 0 Å². The molecule has 0 aromatic heterocycles. The topological polar surface area (TPSA) is 90.0 Å². The lowest BCUT2D eigenvalue weighted by molar-refractivity contribution is -0.141. The lowest BCUT2D eigenvalue weighted by Crippen LogP contribution is -2.47. The summed E-state index contributed by atoms with van der Waals surface area (Å²) in [6.07, 6.45) is 2.02. The Morgan fingerprint density at radius 2 is 1.68 bits per heavy atom. The summed E-state index contributed by atoms with van der Waals surface area (Å²) in [5, 5.41) is 11.9. The first-order valence-electron chi connectivity index (χ1n) is 8.67. The largest absolute Gasteiger partial charge is 0.481 e. The molecule has 2 fully saturated rings. The Hall–Kier alpha value is -2.57. The van der Waals surface area contributed by atoms with Crippen molar-refractivity contribution in [1.29, 1.82) is 0 Å². The zero-order valence-electron chi connectivity index (χ0n) is 14.1. The quantitative estimate of drug-likeness (QED) is 0.875. The fraction of sp³-hybridized carbons (Fsp3) is 0.500. The third-order valence-corrected chi connectivity index (χ3v) is 4.93. The number of piperidine rings is 1. The number of nitrogens with one attached hydrogen (secondary N) is 1. The second-order valence-corrected chi connectivity index (χ2v) is 6.69. The van der Waals surface area contributed by atoms with Gasteiger partial charge in [-0.05, 0) is 31.4 Å². The predicted octanol–water partition coefficient (Wildman–Crippen LogP) is 1.86. The number of carboxylic acids is 1. The molecule has 0 saturated carbocycles. The number of carbonyl (C=O) groups is 3. The van der Waals surface area contributed by atoms with Gasteiger partial charge < -0.3 is 20.2 Å². The monoisotopic (exact) mass is 345 g/mol. The van der Waals surface area contributed by atoms with Gasteiger partial charge in [-0.15, -0.1) is 0 Å². The van der Waals surface area contributed by atoms with Gasteiger partial charge in [-0.3, -0.25) is 9.59 Å². The van der Waals surface area contributed by atoms with Crippen molar-refractivity contribution in [3.05, 3.63) is 30.3 Å². The molecule has 3 amide bonds. The molecular formula is C18H23N3O4. The van der Waals surface area contributed by atoms with E-state index in [0.29, 0.717) is 26.1 Å². The van der Waals surface area contributed by atoms with E-state index in [-0.39, 0.29) is 24.4 Å². The van der Waals surface area contributed by atoms with Gasteiger partial charge in [0.25, 0.3) is 0 Å². The van der Waals surface area contributed by atoms with Gasteiger partial charge in [0.2, 0.25) is 5.91 Å². The number of urea groups is 1. The smallest absolute Gasteiger partial charge is 0.321 e. The molecule has 2 aliphatic heterocycles. The van der Waals surface area contributed by atoms with Crippen molar-refractivity contribution in [2.75, 3.05) is 31.5 Å². The van der Waals surface area contributed by atoms with Crippen LogP contribution in [0.5, 0.6) is 0 Å². The molecule has 0 bridgehead atoms. The number of hydrogen-bond acceptors (Lipinski definition) is 3.